The van der Waals surface area contributed by atoms with E-state index in [0.29, 0.717) is 19.9 Å². The molecule has 1 aromatic carbocycles. The van der Waals surface area contributed by atoms with Crippen molar-refractivity contribution in [1.82, 2.24) is 4.98 Å². The van der Waals surface area contributed by atoms with Gasteiger partial charge in [-0.05, 0) is 36.4 Å². The van der Waals surface area contributed by atoms with Crippen LogP contribution in [0, 0.1) is 0 Å². The van der Waals surface area contributed by atoms with Gasteiger partial charge in [-0.2, -0.15) is 0 Å². The SMILES string of the molecule is O=C1C(=Cc2ccccn2)SC(=S)N1c1cccc(Cl)c1. The average molecular weight is 333 g/mol. The van der Waals surface area contributed by atoms with Gasteiger partial charge in [0.2, 0.25) is 0 Å². The van der Waals surface area contributed by atoms with Gasteiger partial charge in [0.25, 0.3) is 5.91 Å². The molecular weight excluding hydrogens is 324 g/mol. The van der Waals surface area contributed by atoms with E-state index in [-0.39, 0.29) is 5.91 Å². The predicted molar refractivity (Wildman–Crippen MR) is 91.3 cm³/mol. The zero-order valence-electron chi connectivity index (χ0n) is 10.7. The molecule has 1 saturated heterocycles. The zero-order valence-corrected chi connectivity index (χ0v) is 13.1. The summed E-state index contributed by atoms with van der Waals surface area (Å²) in [6.45, 7) is 0. The largest absolute Gasteiger partial charge is 0.270 e. The summed E-state index contributed by atoms with van der Waals surface area (Å²) in [5, 5.41) is 0.565. The Morgan fingerprint density at radius 3 is 2.81 bits per heavy atom. The van der Waals surface area contributed by atoms with E-state index in [1.165, 1.54) is 16.7 Å². The molecule has 0 unspecified atom stereocenters. The lowest BCUT2D eigenvalue weighted by molar-refractivity contribution is -0.113. The molecular formula is C15H9ClN2OS2. The van der Waals surface area contributed by atoms with Crippen molar-refractivity contribution < 1.29 is 4.79 Å². The maximum atomic E-state index is 12.5. The normalized spacial score (nSPS) is 16.8. The second kappa shape index (κ2) is 5.97. The number of thioether (sulfide) groups is 1. The lowest BCUT2D eigenvalue weighted by Crippen LogP contribution is -2.27. The van der Waals surface area contributed by atoms with Gasteiger partial charge in [0, 0.05) is 11.2 Å². The first-order chi connectivity index (χ1) is 10.1. The third-order valence-electron chi connectivity index (χ3n) is 2.83. The van der Waals surface area contributed by atoms with Crippen LogP contribution in [0.15, 0.2) is 53.6 Å². The quantitative estimate of drug-likeness (QED) is 0.611. The standard InChI is InChI=1S/C15H9ClN2OS2/c16-10-4-3-6-12(8-10)18-14(19)13(21-15(18)20)9-11-5-1-2-7-17-11/h1-9H. The van der Waals surface area contributed by atoms with Crippen molar-refractivity contribution in [2.75, 3.05) is 4.90 Å². The minimum atomic E-state index is -0.155. The molecule has 1 amide bonds. The minimum absolute atomic E-state index is 0.155. The monoisotopic (exact) mass is 332 g/mol. The maximum absolute atomic E-state index is 12.5. The van der Waals surface area contributed by atoms with E-state index in [0.717, 1.165) is 5.69 Å². The van der Waals surface area contributed by atoms with E-state index in [1.807, 2.05) is 18.2 Å². The van der Waals surface area contributed by atoms with Crippen molar-refractivity contribution in [2.45, 2.75) is 0 Å². The molecule has 0 saturated carbocycles. The van der Waals surface area contributed by atoms with Gasteiger partial charge in [-0.25, -0.2) is 0 Å². The molecule has 0 N–H and O–H groups in total. The van der Waals surface area contributed by atoms with Crippen LogP contribution < -0.4 is 4.90 Å². The Labute approximate surface area is 136 Å². The molecule has 0 radical (unpaired) electrons. The molecule has 3 rings (SSSR count). The molecule has 1 aliphatic heterocycles. The molecule has 3 nitrogen and oxygen atoms in total. The number of benzene rings is 1. The fourth-order valence-electron chi connectivity index (χ4n) is 1.90. The number of hydrogen-bond donors (Lipinski definition) is 0. The van der Waals surface area contributed by atoms with Crippen LogP contribution in [0.25, 0.3) is 6.08 Å². The zero-order chi connectivity index (χ0) is 14.8. The number of carbonyl (C=O) groups is 1. The second-order valence-electron chi connectivity index (χ2n) is 4.25. The highest BCUT2D eigenvalue weighted by molar-refractivity contribution is 8.27. The fraction of sp³-hybridized carbons (Fsp3) is 0. The van der Waals surface area contributed by atoms with Gasteiger partial charge in [0.15, 0.2) is 4.32 Å². The Balaban J connectivity index is 1.94. The summed E-state index contributed by atoms with van der Waals surface area (Å²) in [5.41, 5.74) is 1.40. The summed E-state index contributed by atoms with van der Waals surface area (Å²) in [6.07, 6.45) is 3.42. The number of amides is 1. The van der Waals surface area contributed by atoms with Crippen molar-refractivity contribution >= 4 is 57.6 Å². The minimum Gasteiger partial charge on any atom is -0.268 e. The van der Waals surface area contributed by atoms with E-state index in [9.17, 15) is 4.79 Å². The van der Waals surface area contributed by atoms with Crippen molar-refractivity contribution in [2.24, 2.45) is 0 Å². The van der Waals surface area contributed by atoms with Crippen LogP contribution in [0.2, 0.25) is 5.02 Å². The lowest BCUT2D eigenvalue weighted by atomic mass is 10.2. The molecule has 21 heavy (non-hydrogen) atoms. The second-order valence-corrected chi connectivity index (χ2v) is 6.36. The first-order valence-corrected chi connectivity index (χ1v) is 7.70. The van der Waals surface area contributed by atoms with Crippen LogP contribution in [-0.2, 0) is 4.79 Å². The predicted octanol–water partition coefficient (Wildman–Crippen LogP) is 4.14. The summed E-state index contributed by atoms with van der Waals surface area (Å²) >= 11 is 12.5. The average Bonchev–Trinajstić information content (AvgIpc) is 2.74. The number of hydrogen-bond acceptors (Lipinski definition) is 4. The van der Waals surface area contributed by atoms with Gasteiger partial charge in [-0.15, -0.1) is 0 Å². The summed E-state index contributed by atoms with van der Waals surface area (Å²) < 4.78 is 0.490. The van der Waals surface area contributed by atoms with E-state index in [1.54, 1.807) is 36.5 Å². The summed E-state index contributed by atoms with van der Waals surface area (Å²) in [6, 6.07) is 12.6. The molecule has 0 atom stereocenters. The number of rotatable bonds is 2. The summed E-state index contributed by atoms with van der Waals surface area (Å²) in [5.74, 6) is -0.155. The van der Waals surface area contributed by atoms with Gasteiger partial charge >= 0.3 is 0 Å². The van der Waals surface area contributed by atoms with E-state index in [4.69, 9.17) is 23.8 Å². The van der Waals surface area contributed by atoms with Gasteiger partial charge in [-0.1, -0.05) is 47.7 Å². The molecule has 1 aliphatic rings. The molecule has 104 valence electrons. The third kappa shape index (κ3) is 3.00. The van der Waals surface area contributed by atoms with Gasteiger partial charge in [0.1, 0.15) is 0 Å². The highest BCUT2D eigenvalue weighted by atomic mass is 35.5. The van der Waals surface area contributed by atoms with E-state index < -0.39 is 0 Å². The first-order valence-electron chi connectivity index (χ1n) is 6.10. The van der Waals surface area contributed by atoms with Crippen LogP contribution >= 0.6 is 35.6 Å². The van der Waals surface area contributed by atoms with Crippen molar-refractivity contribution in [1.29, 1.82) is 0 Å². The van der Waals surface area contributed by atoms with Crippen LogP contribution in [0.5, 0.6) is 0 Å². The molecule has 1 fully saturated rings. The Hall–Kier alpha value is -1.69. The molecule has 0 spiro atoms. The highest BCUT2D eigenvalue weighted by Gasteiger charge is 2.33. The van der Waals surface area contributed by atoms with Gasteiger partial charge in [0.05, 0.1) is 16.3 Å². The Kier molecular flexibility index (Phi) is 4.05. The maximum Gasteiger partial charge on any atom is 0.270 e. The highest BCUT2D eigenvalue weighted by Crippen LogP contribution is 2.36. The Bertz CT molecular complexity index is 746. The van der Waals surface area contributed by atoms with Crippen LogP contribution in [0.3, 0.4) is 0 Å². The molecule has 1 aromatic heterocycles. The molecule has 6 heteroatoms. The topological polar surface area (TPSA) is 33.2 Å². The first kappa shape index (κ1) is 14.3. The number of carbonyl (C=O) groups excluding carboxylic acids is 1. The van der Waals surface area contributed by atoms with Crippen molar-refractivity contribution in [3.63, 3.8) is 0 Å². The van der Waals surface area contributed by atoms with Crippen LogP contribution in [0.4, 0.5) is 5.69 Å². The molecule has 0 bridgehead atoms. The Morgan fingerprint density at radius 2 is 2.10 bits per heavy atom. The molecule has 2 heterocycles. The van der Waals surface area contributed by atoms with Gasteiger partial charge < -0.3 is 0 Å². The smallest absolute Gasteiger partial charge is 0.268 e. The number of thiocarbonyl (C=S) groups is 1. The Morgan fingerprint density at radius 1 is 1.24 bits per heavy atom. The molecule has 2 aromatic rings. The number of nitrogens with zero attached hydrogens (tertiary/aromatic N) is 2. The number of anilines is 1. The lowest BCUT2D eigenvalue weighted by Gasteiger charge is -2.14. The third-order valence-corrected chi connectivity index (χ3v) is 4.36. The van der Waals surface area contributed by atoms with Crippen LogP contribution in [-0.4, -0.2) is 15.2 Å². The van der Waals surface area contributed by atoms with Crippen LogP contribution in [0.1, 0.15) is 5.69 Å². The van der Waals surface area contributed by atoms with E-state index >= 15 is 0 Å². The number of halogens is 1. The molecule has 0 aliphatic carbocycles. The van der Waals surface area contributed by atoms with Crippen molar-refractivity contribution in [3.8, 4) is 0 Å². The summed E-state index contributed by atoms with van der Waals surface area (Å²) in [4.78, 5) is 18.7. The van der Waals surface area contributed by atoms with E-state index in [2.05, 4.69) is 4.98 Å². The fourth-order valence-corrected chi connectivity index (χ4v) is 3.37. The summed E-state index contributed by atoms with van der Waals surface area (Å²) in [7, 11) is 0. The van der Waals surface area contributed by atoms with Gasteiger partial charge in [-0.3, -0.25) is 14.7 Å². The number of pyridine rings is 1. The van der Waals surface area contributed by atoms with Crippen molar-refractivity contribution in [3.05, 3.63) is 64.3 Å². The number of aromatic nitrogens is 1.